The molecule has 0 saturated heterocycles. The number of rotatable bonds is 4. The minimum atomic E-state index is -0.449. The van der Waals surface area contributed by atoms with Crippen molar-refractivity contribution in [2.45, 2.75) is 6.17 Å². The van der Waals surface area contributed by atoms with Crippen molar-refractivity contribution in [3.63, 3.8) is 0 Å². The predicted molar refractivity (Wildman–Crippen MR) is 102 cm³/mol. The first-order chi connectivity index (χ1) is 13.2. The van der Waals surface area contributed by atoms with Gasteiger partial charge in [-0.05, 0) is 60.7 Å². The second-order valence-corrected chi connectivity index (χ2v) is 6.05. The highest BCUT2D eigenvalue weighted by Gasteiger charge is 2.38. The largest absolute Gasteiger partial charge is 0.497 e. The number of amides is 1. The molecule has 2 aromatic carbocycles. The fourth-order valence-electron chi connectivity index (χ4n) is 3.13. The SMILES string of the molecule is COc1ccc(N2C(=O)c3cccnc3[C@@H]2Nc2ccc(C#N)cc2)cc1. The Bertz CT molecular complexity index is 1020. The Labute approximate surface area is 156 Å². The lowest BCUT2D eigenvalue weighted by atomic mass is 10.2. The lowest BCUT2D eigenvalue weighted by molar-refractivity contribution is 0.0993. The molecule has 1 aromatic heterocycles. The summed E-state index contributed by atoms with van der Waals surface area (Å²) in [6, 6.07) is 20.1. The van der Waals surface area contributed by atoms with Gasteiger partial charge in [0, 0.05) is 17.6 Å². The third-order valence-corrected chi connectivity index (χ3v) is 4.47. The van der Waals surface area contributed by atoms with Crippen LogP contribution in [0.2, 0.25) is 0 Å². The van der Waals surface area contributed by atoms with E-state index in [1.54, 1.807) is 42.5 Å². The van der Waals surface area contributed by atoms with Crippen molar-refractivity contribution in [1.82, 2.24) is 4.98 Å². The minimum Gasteiger partial charge on any atom is -0.497 e. The Hall–Kier alpha value is -3.85. The molecule has 0 unspecified atom stereocenters. The van der Waals surface area contributed by atoms with Crippen molar-refractivity contribution in [3.8, 4) is 11.8 Å². The van der Waals surface area contributed by atoms with Crippen LogP contribution in [-0.2, 0) is 0 Å². The van der Waals surface area contributed by atoms with Crippen molar-refractivity contribution in [3.05, 3.63) is 83.7 Å². The number of fused-ring (bicyclic) bond motifs is 1. The molecular formula is C21H16N4O2. The summed E-state index contributed by atoms with van der Waals surface area (Å²) in [5, 5.41) is 12.3. The average Bonchev–Trinajstić information content (AvgIpc) is 3.01. The number of ether oxygens (including phenoxy) is 1. The Balaban J connectivity index is 1.73. The van der Waals surface area contributed by atoms with Gasteiger partial charge in [-0.1, -0.05) is 0 Å². The van der Waals surface area contributed by atoms with Crippen LogP contribution in [0.4, 0.5) is 11.4 Å². The molecule has 132 valence electrons. The van der Waals surface area contributed by atoms with Gasteiger partial charge in [-0.2, -0.15) is 5.26 Å². The molecule has 0 aliphatic carbocycles. The fourth-order valence-corrected chi connectivity index (χ4v) is 3.13. The topological polar surface area (TPSA) is 78.2 Å². The molecule has 0 fully saturated rings. The normalized spacial score (nSPS) is 15.2. The molecule has 0 spiro atoms. The Morgan fingerprint density at radius 3 is 2.52 bits per heavy atom. The van der Waals surface area contributed by atoms with Gasteiger partial charge >= 0.3 is 0 Å². The average molecular weight is 356 g/mol. The molecule has 4 rings (SSSR count). The standard InChI is InChI=1S/C21H16N4O2/c1-27-17-10-8-16(9-11-17)25-20(19-18(21(25)26)3-2-12-23-19)24-15-6-4-14(13-22)5-7-15/h2-12,20,24H,1H3/t20-/m1/s1. The Kier molecular flexibility index (Phi) is 4.19. The molecule has 1 atom stereocenters. The summed E-state index contributed by atoms with van der Waals surface area (Å²) in [4.78, 5) is 19.1. The molecule has 27 heavy (non-hydrogen) atoms. The van der Waals surface area contributed by atoms with Gasteiger partial charge in [0.2, 0.25) is 0 Å². The molecular weight excluding hydrogens is 340 g/mol. The third kappa shape index (κ3) is 2.96. The van der Waals surface area contributed by atoms with Gasteiger partial charge < -0.3 is 10.1 Å². The zero-order valence-corrected chi connectivity index (χ0v) is 14.6. The lowest BCUT2D eigenvalue weighted by Gasteiger charge is -2.26. The monoisotopic (exact) mass is 356 g/mol. The van der Waals surface area contributed by atoms with Crippen molar-refractivity contribution in [2.75, 3.05) is 17.3 Å². The number of hydrogen-bond donors (Lipinski definition) is 1. The van der Waals surface area contributed by atoms with E-state index >= 15 is 0 Å². The van der Waals surface area contributed by atoms with Crippen LogP contribution >= 0.6 is 0 Å². The van der Waals surface area contributed by atoms with E-state index in [1.165, 1.54) is 0 Å². The minimum absolute atomic E-state index is 0.116. The first-order valence-electron chi connectivity index (χ1n) is 8.40. The number of pyridine rings is 1. The summed E-state index contributed by atoms with van der Waals surface area (Å²) < 4.78 is 5.21. The van der Waals surface area contributed by atoms with Gasteiger partial charge in [-0.15, -0.1) is 0 Å². The highest BCUT2D eigenvalue weighted by molar-refractivity contribution is 6.11. The molecule has 0 radical (unpaired) electrons. The molecule has 1 amide bonds. The van der Waals surface area contributed by atoms with E-state index in [0.717, 1.165) is 17.1 Å². The summed E-state index contributed by atoms with van der Waals surface area (Å²) in [7, 11) is 1.60. The van der Waals surface area contributed by atoms with Crippen LogP contribution in [0.5, 0.6) is 5.75 Å². The van der Waals surface area contributed by atoms with Crippen molar-refractivity contribution >= 4 is 17.3 Å². The number of hydrogen-bond acceptors (Lipinski definition) is 5. The number of nitriles is 1. The second kappa shape index (κ2) is 6.81. The van der Waals surface area contributed by atoms with Crippen LogP contribution in [-0.4, -0.2) is 18.0 Å². The molecule has 0 saturated carbocycles. The van der Waals surface area contributed by atoms with E-state index in [0.29, 0.717) is 16.8 Å². The van der Waals surface area contributed by atoms with Crippen LogP contribution < -0.4 is 15.0 Å². The molecule has 6 nitrogen and oxygen atoms in total. The quantitative estimate of drug-likeness (QED) is 0.770. The van der Waals surface area contributed by atoms with Gasteiger partial charge in [-0.25, -0.2) is 0 Å². The summed E-state index contributed by atoms with van der Waals surface area (Å²) in [6.07, 6.45) is 1.23. The summed E-state index contributed by atoms with van der Waals surface area (Å²) >= 11 is 0. The molecule has 0 bridgehead atoms. The number of aromatic nitrogens is 1. The maximum Gasteiger partial charge on any atom is 0.262 e. The van der Waals surface area contributed by atoms with E-state index in [-0.39, 0.29) is 5.91 Å². The Morgan fingerprint density at radius 1 is 1.11 bits per heavy atom. The van der Waals surface area contributed by atoms with E-state index in [9.17, 15) is 4.79 Å². The summed E-state index contributed by atoms with van der Waals surface area (Å²) in [5.41, 5.74) is 3.35. The van der Waals surface area contributed by atoms with Crippen LogP contribution in [0.3, 0.4) is 0 Å². The zero-order valence-electron chi connectivity index (χ0n) is 14.6. The third-order valence-electron chi connectivity index (χ3n) is 4.47. The van der Waals surface area contributed by atoms with Crippen LogP contribution in [0, 0.1) is 11.3 Å². The molecule has 1 aliphatic rings. The van der Waals surface area contributed by atoms with Crippen molar-refractivity contribution in [1.29, 1.82) is 5.26 Å². The number of carbonyl (C=O) groups excluding carboxylic acids is 1. The molecule has 2 heterocycles. The Morgan fingerprint density at radius 2 is 1.85 bits per heavy atom. The number of nitrogens with one attached hydrogen (secondary N) is 1. The number of nitrogens with zero attached hydrogens (tertiary/aromatic N) is 3. The maximum atomic E-state index is 13.0. The smallest absolute Gasteiger partial charge is 0.262 e. The number of carbonyl (C=O) groups is 1. The molecule has 6 heteroatoms. The zero-order chi connectivity index (χ0) is 18.8. The molecule has 1 N–H and O–H groups in total. The van der Waals surface area contributed by atoms with Crippen LogP contribution in [0.25, 0.3) is 0 Å². The van der Waals surface area contributed by atoms with Gasteiger partial charge in [0.25, 0.3) is 5.91 Å². The van der Waals surface area contributed by atoms with E-state index < -0.39 is 6.17 Å². The highest BCUT2D eigenvalue weighted by atomic mass is 16.5. The van der Waals surface area contributed by atoms with Gasteiger partial charge in [0.05, 0.1) is 30.0 Å². The van der Waals surface area contributed by atoms with Gasteiger partial charge in [0.15, 0.2) is 6.17 Å². The maximum absolute atomic E-state index is 13.0. The highest BCUT2D eigenvalue weighted by Crippen LogP contribution is 2.37. The van der Waals surface area contributed by atoms with Gasteiger partial charge in [-0.3, -0.25) is 14.7 Å². The molecule has 1 aliphatic heterocycles. The first-order valence-corrected chi connectivity index (χ1v) is 8.40. The first kappa shape index (κ1) is 16.6. The number of benzene rings is 2. The summed E-state index contributed by atoms with van der Waals surface area (Å²) in [6.45, 7) is 0. The van der Waals surface area contributed by atoms with Crippen LogP contribution in [0.1, 0.15) is 27.8 Å². The molecule has 3 aromatic rings. The van der Waals surface area contributed by atoms with Crippen molar-refractivity contribution in [2.24, 2.45) is 0 Å². The second-order valence-electron chi connectivity index (χ2n) is 6.05. The van der Waals surface area contributed by atoms with E-state index in [4.69, 9.17) is 10.00 Å². The number of anilines is 2. The van der Waals surface area contributed by atoms with Gasteiger partial charge in [0.1, 0.15) is 5.75 Å². The van der Waals surface area contributed by atoms with E-state index in [1.807, 2.05) is 36.4 Å². The number of methoxy groups -OCH3 is 1. The lowest BCUT2D eigenvalue weighted by Crippen LogP contribution is -2.32. The summed E-state index contributed by atoms with van der Waals surface area (Å²) in [5.74, 6) is 0.604. The van der Waals surface area contributed by atoms with E-state index in [2.05, 4.69) is 16.4 Å². The van der Waals surface area contributed by atoms with Crippen LogP contribution in [0.15, 0.2) is 66.9 Å². The van der Waals surface area contributed by atoms with Crippen molar-refractivity contribution < 1.29 is 9.53 Å². The fraction of sp³-hybridized carbons (Fsp3) is 0.0952. The predicted octanol–water partition coefficient (Wildman–Crippen LogP) is 3.73.